The first-order valence-electron chi connectivity index (χ1n) is 7.54. The van der Waals surface area contributed by atoms with Gasteiger partial charge < -0.3 is 10.5 Å². The fourth-order valence-electron chi connectivity index (χ4n) is 2.50. The highest BCUT2D eigenvalue weighted by Gasteiger charge is 2.28. The Hall–Kier alpha value is -2.68. The number of nitrogens with zero attached hydrogens (tertiary/aromatic N) is 3. The summed E-state index contributed by atoms with van der Waals surface area (Å²) in [6.45, 7) is 5.22. The van der Waals surface area contributed by atoms with Crippen molar-refractivity contribution < 1.29 is 17.5 Å². The first kappa shape index (κ1) is 17.2. The minimum atomic E-state index is -4.30. The number of nitrogens with two attached hydrogens (primary N) is 1. The number of ether oxygens (including phenoxy) is 1. The monoisotopic (exact) mass is 364 g/mol. The molecule has 3 aromatic rings. The van der Waals surface area contributed by atoms with E-state index in [9.17, 15) is 12.8 Å². The van der Waals surface area contributed by atoms with Crippen LogP contribution in [0.1, 0.15) is 19.7 Å². The standard InChI is InChI=1S/C16H17FN4O3S/c1-9(2)24-16-15-12(19-10(3)20-16)8-14(18)21(15)25(22,23)13-7-5-4-6-11(13)17/h4-9H,18H2,1-3H3. The zero-order valence-corrected chi connectivity index (χ0v) is 14.7. The Balaban J connectivity index is 2.37. The van der Waals surface area contributed by atoms with Gasteiger partial charge in [0.25, 0.3) is 10.0 Å². The van der Waals surface area contributed by atoms with Crippen LogP contribution in [0.2, 0.25) is 0 Å². The fourth-order valence-corrected chi connectivity index (χ4v) is 4.00. The first-order chi connectivity index (χ1) is 11.7. The third-order valence-corrected chi connectivity index (χ3v) is 5.18. The van der Waals surface area contributed by atoms with Crippen molar-refractivity contribution in [3.05, 3.63) is 42.0 Å². The number of halogens is 1. The lowest BCUT2D eigenvalue weighted by molar-refractivity contribution is 0.234. The largest absolute Gasteiger partial charge is 0.473 e. The summed E-state index contributed by atoms with van der Waals surface area (Å²) in [5, 5.41) is 0. The first-order valence-corrected chi connectivity index (χ1v) is 8.98. The molecule has 2 heterocycles. The number of anilines is 1. The van der Waals surface area contributed by atoms with E-state index in [4.69, 9.17) is 10.5 Å². The van der Waals surface area contributed by atoms with Crippen molar-refractivity contribution in [2.24, 2.45) is 0 Å². The van der Waals surface area contributed by atoms with Gasteiger partial charge in [-0.1, -0.05) is 12.1 Å². The lowest BCUT2D eigenvalue weighted by atomic mass is 10.4. The van der Waals surface area contributed by atoms with E-state index in [1.807, 2.05) is 0 Å². The van der Waals surface area contributed by atoms with Crippen LogP contribution in [0.3, 0.4) is 0 Å². The van der Waals surface area contributed by atoms with Gasteiger partial charge in [0.2, 0.25) is 5.88 Å². The molecule has 0 bridgehead atoms. The van der Waals surface area contributed by atoms with Crippen LogP contribution in [-0.2, 0) is 10.0 Å². The molecule has 0 aliphatic carbocycles. The zero-order chi connectivity index (χ0) is 18.4. The lowest BCUT2D eigenvalue weighted by Gasteiger charge is -2.14. The predicted octanol–water partition coefficient (Wildman–Crippen LogP) is 2.49. The third kappa shape index (κ3) is 2.91. The summed E-state index contributed by atoms with van der Waals surface area (Å²) in [5.74, 6) is -0.493. The van der Waals surface area contributed by atoms with Crippen molar-refractivity contribution in [3.8, 4) is 5.88 Å². The number of nitrogen functional groups attached to an aromatic ring is 1. The van der Waals surface area contributed by atoms with Gasteiger partial charge in [-0.3, -0.25) is 0 Å². The molecule has 0 saturated heterocycles. The summed E-state index contributed by atoms with van der Waals surface area (Å²) in [5.41, 5.74) is 6.30. The number of aromatic nitrogens is 3. The second-order valence-electron chi connectivity index (χ2n) is 5.75. The Kier molecular flexibility index (Phi) is 4.11. The number of benzene rings is 1. The Morgan fingerprint density at radius 2 is 1.92 bits per heavy atom. The molecule has 2 aromatic heterocycles. The summed E-state index contributed by atoms with van der Waals surface area (Å²) in [4.78, 5) is 7.89. The van der Waals surface area contributed by atoms with Crippen LogP contribution in [-0.4, -0.2) is 28.5 Å². The normalized spacial score (nSPS) is 12.0. The van der Waals surface area contributed by atoms with Gasteiger partial charge in [0.1, 0.15) is 27.9 Å². The fraction of sp³-hybridized carbons (Fsp3) is 0.250. The molecule has 2 N–H and O–H groups in total. The summed E-state index contributed by atoms with van der Waals surface area (Å²) in [7, 11) is -4.30. The predicted molar refractivity (Wildman–Crippen MR) is 91.4 cm³/mol. The second-order valence-corrected chi connectivity index (χ2v) is 7.50. The Morgan fingerprint density at radius 1 is 1.24 bits per heavy atom. The maximum atomic E-state index is 14.1. The Morgan fingerprint density at radius 3 is 2.56 bits per heavy atom. The summed E-state index contributed by atoms with van der Waals surface area (Å²) < 4.78 is 46.6. The second kappa shape index (κ2) is 5.99. The van der Waals surface area contributed by atoms with Crippen LogP contribution >= 0.6 is 0 Å². The quantitative estimate of drug-likeness (QED) is 0.763. The third-order valence-electron chi connectivity index (χ3n) is 3.42. The van der Waals surface area contributed by atoms with Gasteiger partial charge in [-0.25, -0.2) is 21.8 Å². The van der Waals surface area contributed by atoms with Gasteiger partial charge in [-0.05, 0) is 32.9 Å². The molecule has 7 nitrogen and oxygen atoms in total. The van der Waals surface area contributed by atoms with E-state index >= 15 is 0 Å². The number of hydrogen-bond donors (Lipinski definition) is 1. The van der Waals surface area contributed by atoms with Crippen molar-refractivity contribution in [2.75, 3.05) is 5.73 Å². The van der Waals surface area contributed by atoms with E-state index in [1.165, 1.54) is 24.3 Å². The molecule has 0 saturated carbocycles. The van der Waals surface area contributed by atoms with E-state index in [-0.39, 0.29) is 23.3 Å². The zero-order valence-electron chi connectivity index (χ0n) is 13.9. The molecular weight excluding hydrogens is 347 g/mol. The van der Waals surface area contributed by atoms with Crippen molar-refractivity contribution >= 4 is 26.9 Å². The minimum Gasteiger partial charge on any atom is -0.473 e. The van der Waals surface area contributed by atoms with E-state index in [1.54, 1.807) is 20.8 Å². The molecule has 25 heavy (non-hydrogen) atoms. The maximum Gasteiger partial charge on any atom is 0.272 e. The van der Waals surface area contributed by atoms with Crippen molar-refractivity contribution in [1.82, 2.24) is 13.9 Å². The SMILES string of the molecule is Cc1nc(OC(C)C)c2c(cc(N)n2S(=O)(=O)c2ccccc2F)n1. The van der Waals surface area contributed by atoms with Gasteiger partial charge >= 0.3 is 0 Å². The van der Waals surface area contributed by atoms with Crippen LogP contribution in [0.25, 0.3) is 11.0 Å². The highest BCUT2D eigenvalue weighted by atomic mass is 32.2. The molecule has 3 rings (SSSR count). The van der Waals surface area contributed by atoms with E-state index in [2.05, 4.69) is 9.97 Å². The summed E-state index contributed by atoms with van der Waals surface area (Å²) in [6, 6.07) is 6.49. The molecule has 0 amide bonds. The molecule has 0 fully saturated rings. The maximum absolute atomic E-state index is 14.1. The van der Waals surface area contributed by atoms with Crippen molar-refractivity contribution in [2.45, 2.75) is 31.8 Å². The molecule has 9 heteroatoms. The van der Waals surface area contributed by atoms with Crippen LogP contribution in [0, 0.1) is 12.7 Å². The van der Waals surface area contributed by atoms with Gasteiger partial charge in [0.05, 0.1) is 11.6 Å². The highest BCUT2D eigenvalue weighted by molar-refractivity contribution is 7.90. The molecular formula is C16H17FN4O3S. The summed E-state index contributed by atoms with van der Waals surface area (Å²) >= 11 is 0. The van der Waals surface area contributed by atoms with E-state index in [0.29, 0.717) is 11.3 Å². The number of fused-ring (bicyclic) bond motifs is 1. The Labute approximate surface area is 144 Å². The van der Waals surface area contributed by atoms with Crippen LogP contribution < -0.4 is 10.5 Å². The lowest BCUT2D eigenvalue weighted by Crippen LogP contribution is -2.18. The highest BCUT2D eigenvalue weighted by Crippen LogP contribution is 2.32. The molecule has 132 valence electrons. The smallest absolute Gasteiger partial charge is 0.272 e. The molecule has 1 aromatic carbocycles. The van der Waals surface area contributed by atoms with Gasteiger partial charge in [-0.15, -0.1) is 0 Å². The number of hydrogen-bond acceptors (Lipinski definition) is 6. The molecule has 0 aliphatic heterocycles. The molecule has 0 aliphatic rings. The van der Waals surface area contributed by atoms with Crippen LogP contribution in [0.5, 0.6) is 5.88 Å². The van der Waals surface area contributed by atoms with Gasteiger partial charge in [-0.2, -0.15) is 4.98 Å². The van der Waals surface area contributed by atoms with Crippen molar-refractivity contribution in [3.63, 3.8) is 0 Å². The van der Waals surface area contributed by atoms with Crippen LogP contribution in [0.4, 0.5) is 10.2 Å². The van der Waals surface area contributed by atoms with E-state index in [0.717, 1.165) is 10.0 Å². The molecule has 0 unspecified atom stereocenters. The van der Waals surface area contributed by atoms with Crippen molar-refractivity contribution in [1.29, 1.82) is 0 Å². The van der Waals surface area contributed by atoms with E-state index < -0.39 is 20.7 Å². The number of aryl methyl sites for hydroxylation is 1. The molecule has 0 radical (unpaired) electrons. The molecule has 0 spiro atoms. The van der Waals surface area contributed by atoms with Gasteiger partial charge in [0, 0.05) is 6.07 Å². The summed E-state index contributed by atoms with van der Waals surface area (Å²) in [6.07, 6.45) is -0.252. The van der Waals surface area contributed by atoms with Gasteiger partial charge in [0.15, 0.2) is 0 Å². The average molecular weight is 364 g/mol. The van der Waals surface area contributed by atoms with Crippen LogP contribution in [0.15, 0.2) is 35.2 Å². The average Bonchev–Trinajstić information content (AvgIpc) is 2.83. The topological polar surface area (TPSA) is 100 Å². The Bertz CT molecular complexity index is 1060. The molecule has 0 atom stereocenters. The number of rotatable bonds is 4. The minimum absolute atomic E-state index is 0.0779.